The van der Waals surface area contributed by atoms with Gasteiger partial charge in [0, 0.05) is 12.1 Å². The molecule has 0 aliphatic heterocycles. The summed E-state index contributed by atoms with van der Waals surface area (Å²) in [7, 11) is 2.01. The SMILES string of the molecule is CNCC(C)(C)NCC1CCCC1. The summed E-state index contributed by atoms with van der Waals surface area (Å²) >= 11 is 0. The number of rotatable bonds is 5. The van der Waals surface area contributed by atoms with Crippen LogP contribution in [0.2, 0.25) is 0 Å². The molecular formula is C11H24N2. The third kappa shape index (κ3) is 4.10. The average molecular weight is 184 g/mol. The maximum Gasteiger partial charge on any atom is 0.0249 e. The van der Waals surface area contributed by atoms with Crippen molar-refractivity contribution >= 4 is 0 Å². The van der Waals surface area contributed by atoms with Crippen LogP contribution in [0.3, 0.4) is 0 Å². The van der Waals surface area contributed by atoms with Crippen molar-refractivity contribution in [1.29, 1.82) is 0 Å². The molecule has 0 aromatic heterocycles. The van der Waals surface area contributed by atoms with E-state index in [0.717, 1.165) is 12.5 Å². The molecule has 0 saturated heterocycles. The number of likely N-dealkylation sites (N-methyl/N-ethyl adjacent to an activating group) is 1. The van der Waals surface area contributed by atoms with Gasteiger partial charge in [-0.1, -0.05) is 12.8 Å². The minimum atomic E-state index is 0.247. The second-order valence-electron chi connectivity index (χ2n) is 4.95. The lowest BCUT2D eigenvalue weighted by molar-refractivity contribution is 0.340. The van der Waals surface area contributed by atoms with Gasteiger partial charge >= 0.3 is 0 Å². The van der Waals surface area contributed by atoms with Crippen LogP contribution in [0, 0.1) is 5.92 Å². The molecule has 0 aromatic rings. The highest BCUT2D eigenvalue weighted by molar-refractivity contribution is 4.81. The highest BCUT2D eigenvalue weighted by Gasteiger charge is 2.20. The second kappa shape index (κ2) is 4.97. The van der Waals surface area contributed by atoms with Crippen LogP contribution < -0.4 is 10.6 Å². The molecule has 2 N–H and O–H groups in total. The molecular weight excluding hydrogens is 160 g/mol. The molecule has 2 heteroatoms. The van der Waals surface area contributed by atoms with Crippen LogP contribution in [0.1, 0.15) is 39.5 Å². The van der Waals surface area contributed by atoms with E-state index >= 15 is 0 Å². The van der Waals surface area contributed by atoms with Crippen molar-refractivity contribution in [1.82, 2.24) is 10.6 Å². The van der Waals surface area contributed by atoms with Gasteiger partial charge in [0.05, 0.1) is 0 Å². The van der Waals surface area contributed by atoms with Crippen molar-refractivity contribution < 1.29 is 0 Å². The third-order valence-electron chi connectivity index (χ3n) is 2.96. The summed E-state index contributed by atoms with van der Waals surface area (Å²) in [5, 5.41) is 6.86. The molecule has 78 valence electrons. The first-order valence-electron chi connectivity index (χ1n) is 5.54. The first-order chi connectivity index (χ1) is 6.14. The van der Waals surface area contributed by atoms with E-state index in [-0.39, 0.29) is 5.54 Å². The lowest BCUT2D eigenvalue weighted by Crippen LogP contribution is -2.48. The molecule has 0 heterocycles. The van der Waals surface area contributed by atoms with E-state index in [4.69, 9.17) is 0 Å². The zero-order chi connectivity index (χ0) is 9.73. The van der Waals surface area contributed by atoms with Crippen LogP contribution in [0.5, 0.6) is 0 Å². The van der Waals surface area contributed by atoms with E-state index in [1.165, 1.54) is 32.2 Å². The number of hydrogen-bond acceptors (Lipinski definition) is 2. The predicted octanol–water partition coefficient (Wildman–Crippen LogP) is 1.76. The zero-order valence-electron chi connectivity index (χ0n) is 9.32. The van der Waals surface area contributed by atoms with Crippen molar-refractivity contribution in [3.8, 4) is 0 Å². The average Bonchev–Trinajstić information content (AvgIpc) is 2.52. The zero-order valence-corrected chi connectivity index (χ0v) is 9.32. The van der Waals surface area contributed by atoms with Gasteiger partial charge in [-0.2, -0.15) is 0 Å². The Hall–Kier alpha value is -0.0800. The van der Waals surface area contributed by atoms with Gasteiger partial charge in [0.1, 0.15) is 0 Å². The Morgan fingerprint density at radius 1 is 1.23 bits per heavy atom. The highest BCUT2D eigenvalue weighted by Crippen LogP contribution is 2.24. The molecule has 0 unspecified atom stereocenters. The van der Waals surface area contributed by atoms with E-state index in [9.17, 15) is 0 Å². The first-order valence-corrected chi connectivity index (χ1v) is 5.54. The summed E-state index contributed by atoms with van der Waals surface area (Å²) in [6.45, 7) is 6.77. The van der Waals surface area contributed by atoms with Crippen LogP contribution in [0.25, 0.3) is 0 Å². The van der Waals surface area contributed by atoms with Gasteiger partial charge in [-0.05, 0) is 46.2 Å². The summed E-state index contributed by atoms with van der Waals surface area (Å²) in [4.78, 5) is 0. The number of nitrogens with one attached hydrogen (secondary N) is 2. The van der Waals surface area contributed by atoms with E-state index in [2.05, 4.69) is 24.5 Å². The van der Waals surface area contributed by atoms with Crippen LogP contribution >= 0.6 is 0 Å². The Kier molecular flexibility index (Phi) is 4.20. The summed E-state index contributed by atoms with van der Waals surface area (Å²) in [5.41, 5.74) is 0.247. The standard InChI is InChI=1S/C11H24N2/c1-11(2,9-12-3)13-8-10-6-4-5-7-10/h10,12-13H,4-9H2,1-3H3. The smallest absolute Gasteiger partial charge is 0.0249 e. The largest absolute Gasteiger partial charge is 0.318 e. The topological polar surface area (TPSA) is 24.1 Å². The molecule has 0 radical (unpaired) electrons. The van der Waals surface area contributed by atoms with Gasteiger partial charge in [0.15, 0.2) is 0 Å². The van der Waals surface area contributed by atoms with Gasteiger partial charge in [0.2, 0.25) is 0 Å². The Morgan fingerprint density at radius 2 is 1.85 bits per heavy atom. The van der Waals surface area contributed by atoms with Gasteiger partial charge in [0.25, 0.3) is 0 Å². The summed E-state index contributed by atoms with van der Waals surface area (Å²) < 4.78 is 0. The molecule has 1 aliphatic rings. The number of hydrogen-bond donors (Lipinski definition) is 2. The lowest BCUT2D eigenvalue weighted by Gasteiger charge is -2.27. The normalized spacial score (nSPS) is 19.6. The van der Waals surface area contributed by atoms with Crippen molar-refractivity contribution in [3.63, 3.8) is 0 Å². The molecule has 0 atom stereocenters. The van der Waals surface area contributed by atoms with Crippen molar-refractivity contribution in [2.75, 3.05) is 20.1 Å². The van der Waals surface area contributed by atoms with Crippen LogP contribution in [-0.4, -0.2) is 25.7 Å². The summed E-state index contributed by atoms with van der Waals surface area (Å²) in [5.74, 6) is 0.941. The van der Waals surface area contributed by atoms with Gasteiger partial charge in [-0.15, -0.1) is 0 Å². The molecule has 0 amide bonds. The van der Waals surface area contributed by atoms with E-state index in [1.807, 2.05) is 7.05 Å². The minimum Gasteiger partial charge on any atom is -0.318 e. The van der Waals surface area contributed by atoms with Gasteiger partial charge in [-0.3, -0.25) is 0 Å². The first kappa shape index (κ1) is 11.0. The maximum atomic E-state index is 3.64. The molecule has 0 bridgehead atoms. The summed E-state index contributed by atoms with van der Waals surface area (Å²) in [6.07, 6.45) is 5.75. The molecule has 1 aliphatic carbocycles. The Morgan fingerprint density at radius 3 is 2.38 bits per heavy atom. The van der Waals surface area contributed by atoms with Gasteiger partial charge < -0.3 is 10.6 Å². The minimum absolute atomic E-state index is 0.247. The van der Waals surface area contributed by atoms with E-state index < -0.39 is 0 Å². The van der Waals surface area contributed by atoms with E-state index in [1.54, 1.807) is 0 Å². The molecule has 0 spiro atoms. The van der Waals surface area contributed by atoms with Crippen LogP contribution in [-0.2, 0) is 0 Å². The molecule has 2 nitrogen and oxygen atoms in total. The predicted molar refractivity (Wildman–Crippen MR) is 58.0 cm³/mol. The second-order valence-corrected chi connectivity index (χ2v) is 4.95. The monoisotopic (exact) mass is 184 g/mol. The lowest BCUT2D eigenvalue weighted by atomic mass is 10.0. The molecule has 13 heavy (non-hydrogen) atoms. The Bertz CT molecular complexity index is 137. The quantitative estimate of drug-likeness (QED) is 0.680. The van der Waals surface area contributed by atoms with Crippen molar-refractivity contribution in [2.45, 2.75) is 45.1 Å². The molecule has 1 rings (SSSR count). The Balaban J connectivity index is 2.15. The fraction of sp³-hybridized carbons (Fsp3) is 1.00. The van der Waals surface area contributed by atoms with Gasteiger partial charge in [-0.25, -0.2) is 0 Å². The fourth-order valence-electron chi connectivity index (χ4n) is 2.14. The van der Waals surface area contributed by atoms with Crippen LogP contribution in [0.4, 0.5) is 0 Å². The van der Waals surface area contributed by atoms with E-state index in [0.29, 0.717) is 0 Å². The van der Waals surface area contributed by atoms with Crippen LogP contribution in [0.15, 0.2) is 0 Å². The third-order valence-corrected chi connectivity index (χ3v) is 2.96. The molecule has 0 aromatic carbocycles. The Labute approximate surface area is 82.5 Å². The van der Waals surface area contributed by atoms with Crippen molar-refractivity contribution in [2.24, 2.45) is 5.92 Å². The highest BCUT2D eigenvalue weighted by atomic mass is 15.0. The van der Waals surface area contributed by atoms with Crippen molar-refractivity contribution in [3.05, 3.63) is 0 Å². The molecule has 1 saturated carbocycles. The molecule has 1 fully saturated rings. The maximum absolute atomic E-state index is 3.64. The fourth-order valence-corrected chi connectivity index (χ4v) is 2.14. The summed E-state index contributed by atoms with van der Waals surface area (Å²) in [6, 6.07) is 0.